The topological polar surface area (TPSA) is 44.9 Å². The Morgan fingerprint density at radius 3 is 2.71 bits per heavy atom. The summed E-state index contributed by atoms with van der Waals surface area (Å²) in [4.78, 5) is 15.6. The van der Waals surface area contributed by atoms with Gasteiger partial charge in [0.2, 0.25) is 0 Å². The number of H-pyrrole nitrogens is 1. The Morgan fingerprint density at radius 2 is 1.90 bits per heavy atom. The van der Waals surface area contributed by atoms with Crippen LogP contribution in [0.25, 0.3) is 10.9 Å². The highest BCUT2D eigenvalue weighted by Crippen LogP contribution is 2.34. The molecule has 0 saturated heterocycles. The van der Waals surface area contributed by atoms with Crippen molar-refractivity contribution in [1.82, 2.24) is 10.3 Å². The van der Waals surface area contributed by atoms with Gasteiger partial charge >= 0.3 is 0 Å². The Balaban J connectivity index is 1.94. The molecule has 0 saturated carbocycles. The van der Waals surface area contributed by atoms with E-state index in [1.54, 1.807) is 0 Å². The molecule has 0 bridgehead atoms. The molecule has 4 rings (SSSR count). The molecule has 1 atom stereocenters. The molecule has 0 aliphatic carbocycles. The van der Waals surface area contributed by atoms with Gasteiger partial charge in [0.05, 0.1) is 0 Å². The van der Waals surface area contributed by atoms with E-state index in [0.29, 0.717) is 6.54 Å². The van der Waals surface area contributed by atoms with Crippen molar-refractivity contribution in [2.45, 2.75) is 12.8 Å². The van der Waals surface area contributed by atoms with E-state index in [4.69, 9.17) is 0 Å². The summed E-state index contributed by atoms with van der Waals surface area (Å²) in [6.45, 7) is 2.71. The van der Waals surface area contributed by atoms with Crippen LogP contribution in [0.1, 0.15) is 33.0 Å². The third kappa shape index (κ3) is 1.85. The molecule has 3 heteroatoms. The number of hydrogen-bond acceptors (Lipinski definition) is 1. The molecule has 3 aromatic rings. The molecule has 3 nitrogen and oxygen atoms in total. The van der Waals surface area contributed by atoms with Gasteiger partial charge in [0.1, 0.15) is 0 Å². The van der Waals surface area contributed by atoms with E-state index >= 15 is 0 Å². The average Bonchev–Trinajstić information content (AvgIpc) is 2.86. The Morgan fingerprint density at radius 1 is 1.10 bits per heavy atom. The third-order valence-corrected chi connectivity index (χ3v) is 4.30. The number of aromatic amines is 1. The first-order chi connectivity index (χ1) is 10.2. The zero-order valence-corrected chi connectivity index (χ0v) is 11.8. The fourth-order valence-corrected chi connectivity index (χ4v) is 3.17. The predicted molar refractivity (Wildman–Crippen MR) is 83.7 cm³/mol. The van der Waals surface area contributed by atoms with Gasteiger partial charge in [0.25, 0.3) is 5.91 Å². The lowest BCUT2D eigenvalue weighted by atomic mass is 9.90. The highest BCUT2D eigenvalue weighted by molar-refractivity contribution is 6.08. The molecule has 1 aliphatic rings. The minimum absolute atomic E-state index is 0.0102. The van der Waals surface area contributed by atoms with Gasteiger partial charge in [0.15, 0.2) is 0 Å². The van der Waals surface area contributed by atoms with Crippen molar-refractivity contribution in [3.63, 3.8) is 0 Å². The summed E-state index contributed by atoms with van der Waals surface area (Å²) in [7, 11) is 0. The first kappa shape index (κ1) is 12.2. The molecule has 0 spiro atoms. The van der Waals surface area contributed by atoms with Crippen LogP contribution in [-0.2, 0) is 0 Å². The van der Waals surface area contributed by atoms with E-state index in [2.05, 4.69) is 41.5 Å². The molecule has 21 heavy (non-hydrogen) atoms. The maximum Gasteiger partial charge on any atom is 0.252 e. The molecule has 1 amide bonds. The van der Waals surface area contributed by atoms with Crippen LogP contribution in [0, 0.1) is 6.92 Å². The van der Waals surface area contributed by atoms with Crippen LogP contribution in [0.5, 0.6) is 0 Å². The van der Waals surface area contributed by atoms with Crippen molar-refractivity contribution < 1.29 is 4.79 Å². The quantitative estimate of drug-likeness (QED) is 0.703. The molecule has 2 heterocycles. The molecule has 0 radical (unpaired) electrons. The minimum atomic E-state index is 0.0102. The van der Waals surface area contributed by atoms with Crippen molar-refractivity contribution in [2.24, 2.45) is 0 Å². The number of carbonyl (C=O) groups excluding carboxylic acids is 1. The van der Waals surface area contributed by atoms with Crippen molar-refractivity contribution >= 4 is 16.8 Å². The van der Waals surface area contributed by atoms with Crippen LogP contribution in [0.4, 0.5) is 0 Å². The van der Waals surface area contributed by atoms with Gasteiger partial charge in [0, 0.05) is 35.1 Å². The Labute approximate surface area is 123 Å². The molecule has 1 aliphatic heterocycles. The van der Waals surface area contributed by atoms with Gasteiger partial charge in [-0.25, -0.2) is 0 Å². The van der Waals surface area contributed by atoms with Crippen LogP contribution >= 0.6 is 0 Å². The third-order valence-electron chi connectivity index (χ3n) is 4.30. The smallest absolute Gasteiger partial charge is 0.252 e. The highest BCUT2D eigenvalue weighted by atomic mass is 16.1. The monoisotopic (exact) mass is 276 g/mol. The van der Waals surface area contributed by atoms with Crippen molar-refractivity contribution in [2.75, 3.05) is 6.54 Å². The summed E-state index contributed by atoms with van der Waals surface area (Å²) < 4.78 is 0. The molecular formula is C18H16N2O. The first-order valence-corrected chi connectivity index (χ1v) is 7.19. The van der Waals surface area contributed by atoms with E-state index < -0.39 is 0 Å². The van der Waals surface area contributed by atoms with Gasteiger partial charge in [-0.1, -0.05) is 35.9 Å². The maximum absolute atomic E-state index is 12.3. The molecule has 2 aromatic carbocycles. The van der Waals surface area contributed by atoms with Crippen molar-refractivity contribution in [1.29, 1.82) is 0 Å². The van der Waals surface area contributed by atoms with Gasteiger partial charge in [-0.2, -0.15) is 0 Å². The lowest BCUT2D eigenvalue weighted by Gasteiger charge is -2.15. The van der Waals surface area contributed by atoms with Crippen LogP contribution in [0.3, 0.4) is 0 Å². The van der Waals surface area contributed by atoms with E-state index in [1.165, 1.54) is 16.7 Å². The summed E-state index contributed by atoms with van der Waals surface area (Å²) >= 11 is 0. The molecular weight excluding hydrogens is 260 g/mol. The van der Waals surface area contributed by atoms with Crippen LogP contribution in [-0.4, -0.2) is 17.4 Å². The summed E-state index contributed by atoms with van der Waals surface area (Å²) in [6.07, 6.45) is 2.04. The number of rotatable bonds is 1. The number of nitrogens with one attached hydrogen (secondary N) is 2. The SMILES string of the molecule is Cc1ccc(C2CNC(=O)c3cccc4[nH]cc2c34)cc1. The fourth-order valence-electron chi connectivity index (χ4n) is 3.17. The Kier molecular flexibility index (Phi) is 2.61. The predicted octanol–water partition coefficient (Wildman–Crippen LogP) is 3.35. The number of hydrogen-bond donors (Lipinski definition) is 2. The lowest BCUT2D eigenvalue weighted by Crippen LogP contribution is -2.26. The van der Waals surface area contributed by atoms with E-state index in [1.807, 2.05) is 24.4 Å². The average molecular weight is 276 g/mol. The Bertz CT molecular complexity index is 830. The number of benzene rings is 2. The largest absolute Gasteiger partial charge is 0.361 e. The van der Waals surface area contributed by atoms with Crippen molar-refractivity contribution in [3.05, 3.63) is 70.9 Å². The zero-order valence-electron chi connectivity index (χ0n) is 11.8. The van der Waals surface area contributed by atoms with E-state index in [9.17, 15) is 4.79 Å². The second-order valence-electron chi connectivity index (χ2n) is 5.65. The minimum Gasteiger partial charge on any atom is -0.361 e. The van der Waals surface area contributed by atoms with E-state index in [-0.39, 0.29) is 11.8 Å². The van der Waals surface area contributed by atoms with Crippen LogP contribution in [0.15, 0.2) is 48.7 Å². The van der Waals surface area contributed by atoms with Gasteiger partial charge < -0.3 is 10.3 Å². The number of aryl methyl sites for hydroxylation is 1. The number of amides is 1. The molecule has 104 valence electrons. The lowest BCUT2D eigenvalue weighted by molar-refractivity contribution is 0.0956. The van der Waals surface area contributed by atoms with Crippen molar-refractivity contribution in [3.8, 4) is 0 Å². The van der Waals surface area contributed by atoms with E-state index in [0.717, 1.165) is 16.5 Å². The maximum atomic E-state index is 12.3. The molecule has 2 N–H and O–H groups in total. The van der Waals surface area contributed by atoms with Crippen LogP contribution < -0.4 is 5.32 Å². The second-order valence-corrected chi connectivity index (χ2v) is 5.65. The molecule has 1 aromatic heterocycles. The summed E-state index contributed by atoms with van der Waals surface area (Å²) in [5.74, 6) is 0.197. The first-order valence-electron chi connectivity index (χ1n) is 7.19. The van der Waals surface area contributed by atoms with Crippen LogP contribution in [0.2, 0.25) is 0 Å². The number of aromatic nitrogens is 1. The number of carbonyl (C=O) groups is 1. The standard InChI is InChI=1S/C18H16N2O/c1-11-5-7-12(8-6-11)14-9-20-18(21)13-3-2-4-16-17(13)15(14)10-19-16/h2-8,10,14,19H,9H2,1H3,(H,20,21). The fraction of sp³-hybridized carbons (Fsp3) is 0.167. The Hall–Kier alpha value is -2.55. The second kappa shape index (κ2) is 4.48. The zero-order chi connectivity index (χ0) is 14.4. The molecule has 0 fully saturated rings. The summed E-state index contributed by atoms with van der Waals surface area (Å²) in [5.41, 5.74) is 5.47. The van der Waals surface area contributed by atoms with Gasteiger partial charge in [-0.3, -0.25) is 4.79 Å². The molecule has 1 unspecified atom stereocenters. The summed E-state index contributed by atoms with van der Waals surface area (Å²) in [6, 6.07) is 14.4. The normalized spacial score (nSPS) is 17.6. The summed E-state index contributed by atoms with van der Waals surface area (Å²) in [5, 5.41) is 4.10. The highest BCUT2D eigenvalue weighted by Gasteiger charge is 2.25. The van der Waals surface area contributed by atoms with Gasteiger partial charge in [-0.05, 0) is 30.2 Å². The van der Waals surface area contributed by atoms with Gasteiger partial charge in [-0.15, -0.1) is 0 Å².